The third-order valence-corrected chi connectivity index (χ3v) is 2.82. The summed E-state index contributed by atoms with van der Waals surface area (Å²) in [6, 6.07) is 6.65. The van der Waals surface area contributed by atoms with E-state index in [2.05, 4.69) is 32.0 Å². The van der Waals surface area contributed by atoms with Crippen LogP contribution in [0.25, 0.3) is 0 Å². The van der Waals surface area contributed by atoms with Crippen molar-refractivity contribution >= 4 is 6.29 Å². The van der Waals surface area contributed by atoms with Gasteiger partial charge in [-0.15, -0.1) is 0 Å². The predicted octanol–water partition coefficient (Wildman–Crippen LogP) is 3.52. The van der Waals surface area contributed by atoms with Crippen molar-refractivity contribution in [1.82, 2.24) is 0 Å². The summed E-state index contributed by atoms with van der Waals surface area (Å²) < 4.78 is 0. The summed E-state index contributed by atoms with van der Waals surface area (Å²) in [5, 5.41) is 0. The number of hydrogen-bond donors (Lipinski definition) is 0. The van der Waals surface area contributed by atoms with E-state index in [1.807, 2.05) is 6.29 Å². The van der Waals surface area contributed by atoms with Crippen LogP contribution in [-0.4, -0.2) is 6.29 Å². The minimum absolute atomic E-state index is 0.590. The molecule has 1 rings (SSSR count). The van der Waals surface area contributed by atoms with Crippen molar-refractivity contribution in [3.63, 3.8) is 0 Å². The van der Waals surface area contributed by atoms with E-state index in [0.717, 1.165) is 19.3 Å². The first-order valence-corrected chi connectivity index (χ1v) is 5.65. The second kappa shape index (κ2) is 6.39. The van der Waals surface area contributed by atoms with E-state index in [1.165, 1.54) is 23.1 Å². The topological polar surface area (TPSA) is 17.1 Å². The van der Waals surface area contributed by atoms with E-state index in [4.69, 9.17) is 0 Å². The second-order valence-electron chi connectivity index (χ2n) is 4.12. The van der Waals surface area contributed by atoms with Crippen LogP contribution in [0.2, 0.25) is 0 Å². The lowest BCUT2D eigenvalue weighted by molar-refractivity contribution is 0.545. The lowest BCUT2D eigenvalue weighted by Crippen LogP contribution is -1.89. The Bertz CT molecular complexity index is 315. The molecule has 1 aromatic rings. The van der Waals surface area contributed by atoms with Crippen molar-refractivity contribution in [2.45, 2.75) is 46.0 Å². The lowest BCUT2D eigenvalue weighted by atomic mass is 10.0. The molecule has 0 amide bonds. The number of benzene rings is 1. The fourth-order valence-electron chi connectivity index (χ4n) is 1.66. The highest BCUT2D eigenvalue weighted by Crippen LogP contribution is 2.12. The Kier molecular flexibility index (Phi) is 5.09. The molecule has 1 nitrogen and oxygen atoms in total. The van der Waals surface area contributed by atoms with E-state index in [0.29, 0.717) is 6.42 Å². The molecule has 0 spiro atoms. The highest BCUT2D eigenvalue weighted by molar-refractivity contribution is 5.50. The summed E-state index contributed by atoms with van der Waals surface area (Å²) >= 11 is 0. The molecule has 0 saturated heterocycles. The van der Waals surface area contributed by atoms with Gasteiger partial charge in [-0.1, -0.05) is 24.6 Å². The van der Waals surface area contributed by atoms with Crippen LogP contribution < -0.4 is 0 Å². The Labute approximate surface area is 92.5 Å². The van der Waals surface area contributed by atoms with Crippen molar-refractivity contribution in [3.8, 4) is 0 Å². The molecular weight excluding hydrogens is 184 g/mol. The van der Waals surface area contributed by atoms with E-state index in [-0.39, 0.29) is 0 Å². The average Bonchev–Trinajstić information content (AvgIpc) is 2.23. The van der Waals surface area contributed by atoms with Crippen molar-refractivity contribution in [2.75, 3.05) is 0 Å². The third-order valence-electron chi connectivity index (χ3n) is 2.82. The lowest BCUT2D eigenvalue weighted by Gasteiger charge is -2.04. The molecule has 0 saturated carbocycles. The van der Waals surface area contributed by atoms with Gasteiger partial charge in [0.25, 0.3) is 0 Å². The molecule has 0 atom stereocenters. The van der Waals surface area contributed by atoms with Gasteiger partial charge in [0.2, 0.25) is 0 Å². The van der Waals surface area contributed by atoms with Gasteiger partial charge in [0.15, 0.2) is 6.29 Å². The molecule has 1 radical (unpaired) electrons. The van der Waals surface area contributed by atoms with E-state index in [1.54, 1.807) is 0 Å². The Hall–Kier alpha value is -1.11. The molecular formula is C14H19O. The van der Waals surface area contributed by atoms with E-state index in [9.17, 15) is 4.79 Å². The first-order valence-electron chi connectivity index (χ1n) is 5.65. The van der Waals surface area contributed by atoms with Crippen molar-refractivity contribution in [1.29, 1.82) is 0 Å². The molecule has 0 N–H and O–H groups in total. The standard InChI is InChI=1S/C14H19O/c1-12-8-9-14(11-13(12)2)7-5-3-4-6-10-15/h8-9,11H,3-7H2,1-2H3. The van der Waals surface area contributed by atoms with Gasteiger partial charge in [-0.3, -0.25) is 4.79 Å². The first-order chi connectivity index (χ1) is 7.24. The zero-order valence-electron chi connectivity index (χ0n) is 9.68. The molecule has 0 unspecified atom stereocenters. The van der Waals surface area contributed by atoms with Crippen LogP contribution in [0.4, 0.5) is 0 Å². The summed E-state index contributed by atoms with van der Waals surface area (Å²) in [5.74, 6) is 0. The SMILES string of the molecule is Cc1ccc(CCCCC[C]=O)cc1C. The monoisotopic (exact) mass is 203 g/mol. The third kappa shape index (κ3) is 4.28. The van der Waals surface area contributed by atoms with Crippen LogP contribution in [-0.2, 0) is 11.2 Å². The summed E-state index contributed by atoms with van der Waals surface area (Å²) in [7, 11) is 0. The van der Waals surface area contributed by atoms with Crippen LogP contribution >= 0.6 is 0 Å². The summed E-state index contributed by atoms with van der Waals surface area (Å²) in [6.07, 6.45) is 6.93. The molecule has 0 fully saturated rings. The number of rotatable bonds is 6. The van der Waals surface area contributed by atoms with Gasteiger partial charge >= 0.3 is 0 Å². The molecule has 81 valence electrons. The van der Waals surface area contributed by atoms with E-state index >= 15 is 0 Å². The fraction of sp³-hybridized carbons (Fsp3) is 0.500. The molecule has 0 aliphatic heterocycles. The smallest absolute Gasteiger partial charge is 0.198 e. The van der Waals surface area contributed by atoms with Crippen LogP contribution in [0.15, 0.2) is 18.2 Å². The van der Waals surface area contributed by atoms with Gasteiger partial charge in [-0.05, 0) is 49.8 Å². The first kappa shape index (κ1) is 12.0. The molecule has 0 heterocycles. The average molecular weight is 203 g/mol. The summed E-state index contributed by atoms with van der Waals surface area (Å²) in [4.78, 5) is 10.00. The number of aryl methyl sites for hydroxylation is 3. The zero-order valence-corrected chi connectivity index (χ0v) is 9.68. The zero-order chi connectivity index (χ0) is 11.1. The Morgan fingerprint density at radius 3 is 2.53 bits per heavy atom. The Morgan fingerprint density at radius 1 is 1.07 bits per heavy atom. The molecule has 0 aromatic heterocycles. The number of carbonyl (C=O) groups excluding carboxylic acids is 1. The minimum Gasteiger partial charge on any atom is -0.291 e. The van der Waals surface area contributed by atoms with Crippen molar-refractivity contribution in [2.24, 2.45) is 0 Å². The van der Waals surface area contributed by atoms with Gasteiger partial charge in [-0.25, -0.2) is 0 Å². The molecule has 0 aliphatic carbocycles. The van der Waals surface area contributed by atoms with Gasteiger partial charge in [0, 0.05) is 6.42 Å². The highest BCUT2D eigenvalue weighted by atomic mass is 16.1. The number of unbranched alkanes of at least 4 members (excludes halogenated alkanes) is 3. The van der Waals surface area contributed by atoms with Gasteiger partial charge < -0.3 is 0 Å². The highest BCUT2D eigenvalue weighted by Gasteiger charge is 1.96. The van der Waals surface area contributed by atoms with Crippen molar-refractivity contribution in [3.05, 3.63) is 34.9 Å². The minimum atomic E-state index is 0.590. The van der Waals surface area contributed by atoms with Gasteiger partial charge in [-0.2, -0.15) is 0 Å². The Morgan fingerprint density at radius 2 is 1.87 bits per heavy atom. The Balaban J connectivity index is 2.31. The fourth-order valence-corrected chi connectivity index (χ4v) is 1.66. The van der Waals surface area contributed by atoms with E-state index < -0.39 is 0 Å². The summed E-state index contributed by atoms with van der Waals surface area (Å²) in [6.45, 7) is 4.29. The van der Waals surface area contributed by atoms with Gasteiger partial charge in [0.1, 0.15) is 0 Å². The van der Waals surface area contributed by atoms with Crippen molar-refractivity contribution < 1.29 is 4.79 Å². The maximum Gasteiger partial charge on any atom is 0.198 e. The molecule has 1 heteroatoms. The van der Waals surface area contributed by atoms with Gasteiger partial charge in [0.05, 0.1) is 0 Å². The number of hydrogen-bond acceptors (Lipinski definition) is 1. The normalized spacial score (nSPS) is 10.3. The molecule has 15 heavy (non-hydrogen) atoms. The quantitative estimate of drug-likeness (QED) is 0.646. The van der Waals surface area contributed by atoms with Crippen LogP contribution in [0.1, 0.15) is 42.4 Å². The van der Waals surface area contributed by atoms with Crippen LogP contribution in [0.3, 0.4) is 0 Å². The maximum atomic E-state index is 10.00. The largest absolute Gasteiger partial charge is 0.291 e. The second-order valence-corrected chi connectivity index (χ2v) is 4.12. The molecule has 1 aromatic carbocycles. The summed E-state index contributed by atoms with van der Waals surface area (Å²) in [5.41, 5.74) is 4.14. The van der Waals surface area contributed by atoms with Crippen LogP contribution in [0.5, 0.6) is 0 Å². The maximum absolute atomic E-state index is 10.00. The predicted molar refractivity (Wildman–Crippen MR) is 63.8 cm³/mol. The van der Waals surface area contributed by atoms with Crippen LogP contribution in [0, 0.1) is 13.8 Å². The molecule has 0 bridgehead atoms. The molecule has 0 aliphatic rings.